The lowest BCUT2D eigenvalue weighted by atomic mass is 9.88. The number of hydrogen-bond acceptors (Lipinski definition) is 6. The molecular formula is C20H20N2O3S2. The Morgan fingerprint density at radius 3 is 2.96 bits per heavy atom. The van der Waals surface area contributed by atoms with E-state index in [1.54, 1.807) is 13.0 Å². The summed E-state index contributed by atoms with van der Waals surface area (Å²) in [6.45, 7) is 4.21. The Kier molecular flexibility index (Phi) is 6.09. The fraction of sp³-hybridized carbons (Fsp3) is 0.350. The molecule has 1 aliphatic carbocycles. The van der Waals surface area contributed by atoms with Gasteiger partial charge in [-0.25, -0.2) is 4.79 Å². The van der Waals surface area contributed by atoms with Crippen molar-refractivity contribution in [3.63, 3.8) is 0 Å². The van der Waals surface area contributed by atoms with Gasteiger partial charge < -0.3 is 10.1 Å². The lowest BCUT2D eigenvalue weighted by molar-refractivity contribution is -0.112. The van der Waals surface area contributed by atoms with E-state index < -0.39 is 11.9 Å². The zero-order valence-electron chi connectivity index (χ0n) is 15.2. The molecule has 2 heterocycles. The Bertz CT molecular complexity index is 920. The maximum absolute atomic E-state index is 12.6. The molecule has 1 amide bonds. The van der Waals surface area contributed by atoms with Crippen molar-refractivity contribution in [3.8, 4) is 6.07 Å². The van der Waals surface area contributed by atoms with Crippen LogP contribution in [0.4, 0.5) is 5.00 Å². The average Bonchev–Trinajstić information content (AvgIpc) is 3.26. The Morgan fingerprint density at radius 2 is 2.30 bits per heavy atom. The highest BCUT2D eigenvalue weighted by molar-refractivity contribution is 7.17. The highest BCUT2D eigenvalue weighted by Crippen LogP contribution is 2.40. The van der Waals surface area contributed by atoms with E-state index in [0.29, 0.717) is 16.5 Å². The molecule has 0 spiro atoms. The quantitative estimate of drug-likeness (QED) is 0.450. The summed E-state index contributed by atoms with van der Waals surface area (Å²) in [7, 11) is 0. The number of esters is 1. The predicted octanol–water partition coefficient (Wildman–Crippen LogP) is 4.66. The summed E-state index contributed by atoms with van der Waals surface area (Å²) in [4.78, 5) is 27.1. The first kappa shape index (κ1) is 19.3. The van der Waals surface area contributed by atoms with Gasteiger partial charge in [0.25, 0.3) is 5.91 Å². The van der Waals surface area contributed by atoms with Crippen molar-refractivity contribution in [2.75, 3.05) is 11.9 Å². The summed E-state index contributed by atoms with van der Waals surface area (Å²) in [5, 5.41) is 14.5. The molecule has 5 nitrogen and oxygen atoms in total. The lowest BCUT2D eigenvalue weighted by Gasteiger charge is -2.18. The molecule has 2 aromatic rings. The molecule has 0 saturated carbocycles. The topological polar surface area (TPSA) is 79.2 Å². The number of nitrogens with one attached hydrogen (secondary N) is 1. The molecule has 2 aromatic heterocycles. The summed E-state index contributed by atoms with van der Waals surface area (Å²) in [5.41, 5.74) is 1.44. The van der Waals surface area contributed by atoms with Crippen LogP contribution in [0.2, 0.25) is 0 Å². The van der Waals surface area contributed by atoms with Gasteiger partial charge in [-0.15, -0.1) is 22.7 Å². The number of fused-ring (bicyclic) bond motifs is 1. The number of rotatable bonds is 5. The fourth-order valence-corrected chi connectivity index (χ4v) is 5.14. The first-order valence-electron chi connectivity index (χ1n) is 8.81. The van der Waals surface area contributed by atoms with Crippen LogP contribution in [0.25, 0.3) is 6.08 Å². The van der Waals surface area contributed by atoms with E-state index in [0.717, 1.165) is 34.6 Å². The predicted molar refractivity (Wildman–Crippen MR) is 108 cm³/mol. The van der Waals surface area contributed by atoms with Gasteiger partial charge in [-0.3, -0.25) is 4.79 Å². The van der Waals surface area contributed by atoms with Crippen molar-refractivity contribution >= 4 is 45.6 Å². The minimum atomic E-state index is -0.511. The van der Waals surface area contributed by atoms with Crippen LogP contribution in [0.3, 0.4) is 0 Å². The van der Waals surface area contributed by atoms with Crippen LogP contribution in [0.1, 0.15) is 45.9 Å². The van der Waals surface area contributed by atoms with Crippen LogP contribution in [-0.2, 0) is 22.4 Å². The molecule has 7 heteroatoms. The van der Waals surface area contributed by atoms with Gasteiger partial charge in [0.2, 0.25) is 0 Å². The number of ether oxygens (including phenoxy) is 1. The molecule has 1 atom stereocenters. The van der Waals surface area contributed by atoms with Crippen LogP contribution in [0, 0.1) is 17.2 Å². The molecule has 1 N–H and O–H groups in total. The molecule has 0 aliphatic heterocycles. The van der Waals surface area contributed by atoms with Crippen molar-refractivity contribution in [1.29, 1.82) is 5.26 Å². The summed E-state index contributed by atoms with van der Waals surface area (Å²) in [5.74, 6) is -0.383. The Morgan fingerprint density at radius 1 is 1.48 bits per heavy atom. The van der Waals surface area contributed by atoms with Crippen LogP contribution >= 0.6 is 22.7 Å². The Balaban J connectivity index is 1.92. The van der Waals surface area contributed by atoms with Crippen molar-refractivity contribution in [2.45, 2.75) is 33.1 Å². The third-order valence-corrected chi connectivity index (χ3v) is 6.40. The highest BCUT2D eigenvalue weighted by Gasteiger charge is 2.29. The third-order valence-electron chi connectivity index (χ3n) is 4.41. The smallest absolute Gasteiger partial charge is 0.341 e. The number of hydrogen-bond donors (Lipinski definition) is 1. The highest BCUT2D eigenvalue weighted by atomic mass is 32.1. The largest absolute Gasteiger partial charge is 0.462 e. The van der Waals surface area contributed by atoms with Gasteiger partial charge in [-0.2, -0.15) is 5.26 Å². The summed E-state index contributed by atoms with van der Waals surface area (Å²) in [6.07, 6.45) is 4.25. The number of thiophene rings is 2. The second kappa shape index (κ2) is 8.51. The van der Waals surface area contributed by atoms with Gasteiger partial charge in [-0.05, 0) is 55.2 Å². The number of carbonyl (C=O) groups is 2. The van der Waals surface area contributed by atoms with Gasteiger partial charge in [0.05, 0.1) is 12.2 Å². The number of nitrogens with zero attached hydrogens (tertiary/aromatic N) is 1. The molecule has 3 rings (SSSR count). The third kappa shape index (κ3) is 4.29. The zero-order chi connectivity index (χ0) is 19.4. The molecular weight excluding hydrogens is 380 g/mol. The first-order chi connectivity index (χ1) is 13.0. The van der Waals surface area contributed by atoms with Crippen molar-refractivity contribution < 1.29 is 14.3 Å². The molecule has 0 bridgehead atoms. The van der Waals surface area contributed by atoms with E-state index in [1.807, 2.05) is 23.6 Å². The standard InChI is InChI=1S/C20H20N2O3S2/c1-3-25-20(24)17-15-7-6-12(2)9-16(15)27-19(17)22-18(23)13(11-21)10-14-5-4-8-26-14/h4-5,8,10,12H,3,6-7,9H2,1-2H3,(H,22,23)/b13-10+. The molecule has 1 aliphatic rings. The van der Waals surface area contributed by atoms with E-state index in [-0.39, 0.29) is 12.2 Å². The van der Waals surface area contributed by atoms with Gasteiger partial charge in [-0.1, -0.05) is 13.0 Å². The van der Waals surface area contributed by atoms with Crippen molar-refractivity contribution in [3.05, 3.63) is 44.0 Å². The lowest BCUT2D eigenvalue weighted by Crippen LogP contribution is -2.17. The Labute approximate surface area is 166 Å². The van der Waals surface area contributed by atoms with Gasteiger partial charge >= 0.3 is 5.97 Å². The normalized spacial score (nSPS) is 16.3. The maximum Gasteiger partial charge on any atom is 0.341 e. The first-order valence-corrected chi connectivity index (χ1v) is 10.5. The van der Waals surface area contributed by atoms with Crippen molar-refractivity contribution in [2.24, 2.45) is 5.92 Å². The molecule has 0 fully saturated rings. The molecule has 140 valence electrons. The van der Waals surface area contributed by atoms with Gasteiger partial charge in [0.1, 0.15) is 16.6 Å². The van der Waals surface area contributed by atoms with Crippen LogP contribution in [0.5, 0.6) is 0 Å². The fourth-order valence-electron chi connectivity index (χ4n) is 3.09. The maximum atomic E-state index is 12.6. The second-order valence-electron chi connectivity index (χ2n) is 6.42. The summed E-state index contributed by atoms with van der Waals surface area (Å²) in [6, 6.07) is 5.64. The van der Waals surface area contributed by atoms with E-state index in [9.17, 15) is 14.9 Å². The molecule has 0 radical (unpaired) electrons. The van der Waals surface area contributed by atoms with Crippen molar-refractivity contribution in [1.82, 2.24) is 0 Å². The number of nitriles is 1. The molecule has 27 heavy (non-hydrogen) atoms. The van der Waals surface area contributed by atoms with E-state index in [1.165, 1.54) is 22.7 Å². The Hall–Kier alpha value is -2.43. The SMILES string of the molecule is CCOC(=O)c1c(NC(=O)/C(C#N)=C/c2cccs2)sc2c1CCC(C)C2. The average molecular weight is 401 g/mol. The summed E-state index contributed by atoms with van der Waals surface area (Å²) < 4.78 is 5.21. The van der Waals surface area contributed by atoms with E-state index in [4.69, 9.17) is 4.74 Å². The van der Waals surface area contributed by atoms with Gasteiger partial charge in [0.15, 0.2) is 0 Å². The molecule has 0 aromatic carbocycles. The zero-order valence-corrected chi connectivity index (χ0v) is 16.8. The molecule has 1 unspecified atom stereocenters. The second-order valence-corrected chi connectivity index (χ2v) is 8.50. The molecule has 0 saturated heterocycles. The minimum absolute atomic E-state index is 0.00648. The van der Waals surface area contributed by atoms with Crippen LogP contribution < -0.4 is 5.32 Å². The van der Waals surface area contributed by atoms with E-state index >= 15 is 0 Å². The minimum Gasteiger partial charge on any atom is -0.462 e. The monoisotopic (exact) mass is 400 g/mol. The number of anilines is 1. The number of carbonyl (C=O) groups excluding carboxylic acids is 2. The summed E-state index contributed by atoms with van der Waals surface area (Å²) >= 11 is 2.87. The van der Waals surface area contributed by atoms with E-state index in [2.05, 4.69) is 12.2 Å². The van der Waals surface area contributed by atoms with Gasteiger partial charge in [0, 0.05) is 9.75 Å². The van der Waals surface area contributed by atoms with Crippen LogP contribution in [0.15, 0.2) is 23.1 Å². The number of amides is 1. The van der Waals surface area contributed by atoms with Crippen LogP contribution in [-0.4, -0.2) is 18.5 Å².